The van der Waals surface area contributed by atoms with Crippen LogP contribution in [0.25, 0.3) is 50.4 Å². The zero-order chi connectivity index (χ0) is 31.9. The number of fused-ring (bicyclic) bond motifs is 6. The van der Waals surface area contributed by atoms with Crippen LogP contribution >= 0.6 is 8.07 Å². The van der Waals surface area contributed by atoms with Gasteiger partial charge in [-0.3, -0.25) is 9.55 Å². The van der Waals surface area contributed by atoms with Crippen molar-refractivity contribution < 1.29 is 21.1 Å². The number of pyridine rings is 1. The molecule has 5 nitrogen and oxygen atoms in total. The third kappa shape index (κ3) is 5.64. The van der Waals surface area contributed by atoms with Gasteiger partial charge in [0.05, 0.1) is 16.6 Å². The molecule has 240 valence electrons. The van der Waals surface area contributed by atoms with E-state index in [2.05, 4.69) is 135 Å². The third-order valence-corrected chi connectivity index (χ3v) is 11.8. The van der Waals surface area contributed by atoms with Crippen molar-refractivity contribution in [1.29, 1.82) is 0 Å². The second-order valence-electron chi connectivity index (χ2n) is 12.0. The summed E-state index contributed by atoms with van der Waals surface area (Å²) in [6, 6.07) is 56.7. The topological polar surface area (TPSA) is 51.4 Å². The summed E-state index contributed by atoms with van der Waals surface area (Å²) < 4.78 is 4.72. The van der Waals surface area contributed by atoms with Crippen LogP contribution in [-0.2, 0) is 33.9 Å². The molecule has 0 fully saturated rings. The predicted molar refractivity (Wildman–Crippen MR) is 199 cm³/mol. The molecule has 0 radical (unpaired) electrons. The Balaban J connectivity index is 0.00000348. The zero-order valence-electron chi connectivity index (χ0n) is 26.5. The predicted octanol–water partition coefficient (Wildman–Crippen LogP) is 8.69. The fraction of sp³-hybridized carbons (Fsp3) is 0.0476. The van der Waals surface area contributed by atoms with Gasteiger partial charge in [0.15, 0.2) is 8.07 Å². The number of H-pyrrole nitrogens is 1. The van der Waals surface area contributed by atoms with Gasteiger partial charge in [-0.2, -0.15) is 0 Å². The second kappa shape index (κ2) is 13.4. The fourth-order valence-corrected chi connectivity index (χ4v) is 9.77. The van der Waals surface area contributed by atoms with Crippen LogP contribution in [0.1, 0.15) is 11.3 Å². The maximum absolute atomic E-state index is 5.40. The molecule has 7 heteroatoms. The van der Waals surface area contributed by atoms with E-state index in [0.29, 0.717) is 0 Å². The Hall–Kier alpha value is -5.08. The van der Waals surface area contributed by atoms with Crippen molar-refractivity contribution in [2.24, 2.45) is 0 Å². The smallest absolute Gasteiger partial charge is 0.163 e. The molecular formula is C42H32N5PPt. The van der Waals surface area contributed by atoms with Gasteiger partial charge in [0.1, 0.15) is 34.1 Å². The Morgan fingerprint density at radius 2 is 1.35 bits per heavy atom. The molecule has 0 aliphatic heterocycles. The van der Waals surface area contributed by atoms with Crippen molar-refractivity contribution in [3.05, 3.63) is 175 Å². The number of hydrogen-bond acceptors (Lipinski definition) is 2. The van der Waals surface area contributed by atoms with Gasteiger partial charge in [-0.1, -0.05) is 78.9 Å². The Bertz CT molecular complexity index is 2430. The molecule has 0 spiro atoms. The van der Waals surface area contributed by atoms with E-state index in [1.165, 1.54) is 32.8 Å². The van der Waals surface area contributed by atoms with Crippen LogP contribution in [-0.4, -0.2) is 23.9 Å². The normalized spacial score (nSPS) is 11.9. The maximum atomic E-state index is 5.40. The number of rotatable bonds is 5. The van der Waals surface area contributed by atoms with Gasteiger partial charge in [-0.05, 0) is 72.6 Å². The minimum Gasteiger partial charge on any atom is -0.355 e. The van der Waals surface area contributed by atoms with E-state index >= 15 is 0 Å². The third-order valence-electron chi connectivity index (χ3n) is 9.15. The van der Waals surface area contributed by atoms with E-state index in [-0.39, 0.29) is 21.1 Å². The summed E-state index contributed by atoms with van der Waals surface area (Å²) in [4.78, 5) is 14.4. The van der Waals surface area contributed by atoms with Crippen molar-refractivity contribution in [2.45, 2.75) is 12.8 Å². The maximum Gasteiger partial charge on any atom is 0.163 e. The molecular weight excluding hydrogens is 801 g/mol. The molecule has 1 aliphatic rings. The molecule has 49 heavy (non-hydrogen) atoms. The summed E-state index contributed by atoms with van der Waals surface area (Å²) >= 11 is 0. The number of nitrogens with zero attached hydrogens (tertiary/aromatic N) is 4. The van der Waals surface area contributed by atoms with Crippen LogP contribution < -0.4 is 10.6 Å². The summed E-state index contributed by atoms with van der Waals surface area (Å²) in [5, 5.41) is 3.97. The number of aromatic nitrogens is 5. The zero-order valence-corrected chi connectivity index (χ0v) is 29.8. The van der Waals surface area contributed by atoms with Crippen LogP contribution in [0.4, 0.5) is 0 Å². The summed E-state index contributed by atoms with van der Waals surface area (Å²) in [5.41, 5.74) is 9.77. The van der Waals surface area contributed by atoms with Crippen LogP contribution in [0.2, 0.25) is 0 Å². The molecule has 8 aromatic rings. The molecule has 0 unspecified atom stereocenters. The molecule has 0 atom stereocenters. The standard InChI is InChI=1S/C42H31N5P.Pt/c1-4-15-30(16-5-1)35-23-14-26-40(45-35)46-29-43-41-37(44-36-22-11-13-25-39(36)46)28-27-34-33-21-10-12-24-38(33)47(42(34)41)48(31-17-6-2-7-18-31)32-19-8-3-9-20-32;/h1-15,17-26,29,44H,27-28H2;/q-1;/p+1. The van der Waals surface area contributed by atoms with E-state index in [1.807, 2.05) is 42.7 Å². The van der Waals surface area contributed by atoms with Crippen molar-refractivity contribution >= 4 is 40.6 Å². The van der Waals surface area contributed by atoms with Crippen molar-refractivity contribution in [3.8, 4) is 28.5 Å². The van der Waals surface area contributed by atoms with Gasteiger partial charge in [0.2, 0.25) is 0 Å². The molecule has 3 aromatic heterocycles. The van der Waals surface area contributed by atoms with E-state index in [9.17, 15) is 0 Å². The average Bonchev–Trinajstić information content (AvgIpc) is 3.47. The molecule has 0 saturated heterocycles. The van der Waals surface area contributed by atoms with Crippen molar-refractivity contribution in [3.63, 3.8) is 0 Å². The van der Waals surface area contributed by atoms with Crippen LogP contribution in [0.15, 0.2) is 158 Å². The van der Waals surface area contributed by atoms with Crippen LogP contribution in [0, 0.1) is 6.07 Å². The van der Waals surface area contributed by atoms with Crippen LogP contribution in [0.5, 0.6) is 0 Å². The van der Waals surface area contributed by atoms with E-state index < -0.39 is 8.07 Å². The van der Waals surface area contributed by atoms with Crippen LogP contribution in [0.3, 0.4) is 0 Å². The largest absolute Gasteiger partial charge is 0.355 e. The summed E-state index contributed by atoms with van der Waals surface area (Å²) in [7, 11) is -1.48. The molecule has 0 amide bonds. The monoisotopic (exact) mass is 832 g/mol. The van der Waals surface area contributed by atoms with E-state index in [0.717, 1.165) is 52.3 Å². The minimum atomic E-state index is -1.48. The second-order valence-corrected chi connectivity index (χ2v) is 14.3. The Labute approximate surface area is 300 Å². The molecule has 0 saturated carbocycles. The summed E-state index contributed by atoms with van der Waals surface area (Å²) in [5.74, 6) is 0.793. The van der Waals surface area contributed by atoms with Gasteiger partial charge in [-0.25, -0.2) is 9.32 Å². The van der Waals surface area contributed by atoms with Crippen molar-refractivity contribution in [2.75, 3.05) is 0 Å². The minimum absolute atomic E-state index is 0. The first-order valence-electron chi connectivity index (χ1n) is 16.3. The van der Waals surface area contributed by atoms with Gasteiger partial charge in [0.25, 0.3) is 0 Å². The van der Waals surface area contributed by atoms with Gasteiger partial charge in [-0.15, -0.1) is 35.9 Å². The molecule has 5 aromatic carbocycles. The molecule has 3 heterocycles. The van der Waals surface area contributed by atoms with Gasteiger partial charge < -0.3 is 4.98 Å². The first-order valence-corrected chi connectivity index (χ1v) is 17.8. The number of aryl methyl sites for hydroxylation is 2. The summed E-state index contributed by atoms with van der Waals surface area (Å²) in [6.07, 6.45) is 3.77. The summed E-state index contributed by atoms with van der Waals surface area (Å²) in [6.45, 7) is 0. The van der Waals surface area contributed by atoms with Crippen molar-refractivity contribution in [1.82, 2.24) is 23.9 Å². The van der Waals surface area contributed by atoms with E-state index in [4.69, 9.17) is 9.97 Å². The van der Waals surface area contributed by atoms with E-state index in [1.54, 1.807) is 0 Å². The van der Waals surface area contributed by atoms with Gasteiger partial charge >= 0.3 is 0 Å². The SMILES string of the molecule is [Pt].[c-]1ccccc1-c1cccc(-n2cnc3c([nH]c4ccccc42)CCc2c-3n([PH+](c3ccccc3)c3ccccc3)c3ccccc23)n1. The first-order chi connectivity index (χ1) is 23.8. The number of hydrogen-bond donors (Lipinski definition) is 1. The first kappa shape index (κ1) is 31.2. The Morgan fingerprint density at radius 1 is 0.653 bits per heavy atom. The number of benzene rings is 5. The quantitative estimate of drug-likeness (QED) is 0.140. The Morgan fingerprint density at radius 3 is 2.10 bits per heavy atom. The molecule has 9 rings (SSSR count). The molecule has 1 N–H and O–H groups in total. The number of aromatic amines is 1. The molecule has 0 bridgehead atoms. The Kier molecular flexibility index (Phi) is 8.56. The fourth-order valence-electron chi connectivity index (χ4n) is 7.00. The van der Waals surface area contributed by atoms with Gasteiger partial charge in [0, 0.05) is 32.1 Å². The molecule has 1 aliphatic carbocycles. The number of nitrogens with one attached hydrogen (secondary N) is 1. The average molecular weight is 833 g/mol. The number of para-hydroxylation sites is 3.